The van der Waals surface area contributed by atoms with Crippen LogP contribution in [0.2, 0.25) is 0 Å². The largest absolute Gasteiger partial charge is 0.454 e. The van der Waals surface area contributed by atoms with Crippen LogP contribution in [-0.2, 0) is 23.9 Å². The zero-order chi connectivity index (χ0) is 28.6. The fourth-order valence-corrected chi connectivity index (χ4v) is 7.58. The number of aliphatic hydroxyl groups is 3. The minimum Gasteiger partial charge on any atom is -0.454 e. The van der Waals surface area contributed by atoms with Gasteiger partial charge < -0.3 is 24.8 Å². The van der Waals surface area contributed by atoms with Crippen molar-refractivity contribution in [2.24, 2.45) is 35.0 Å². The predicted octanol–water partition coefficient (Wildman–Crippen LogP) is 3.04. The number of aliphatic hydroxyl groups excluding tert-OH is 1. The van der Waals surface area contributed by atoms with Crippen LogP contribution in [0.1, 0.15) is 68.2 Å². The average Bonchev–Trinajstić information content (AvgIpc) is 3.30. The van der Waals surface area contributed by atoms with E-state index in [0.717, 1.165) is 0 Å². The number of carbonyl (C=O) groups is 3. The van der Waals surface area contributed by atoms with Gasteiger partial charge in [0, 0.05) is 41.1 Å². The lowest BCUT2D eigenvalue weighted by molar-refractivity contribution is -0.228. The highest BCUT2D eigenvalue weighted by Gasteiger charge is 2.88. The van der Waals surface area contributed by atoms with Crippen molar-refractivity contribution in [3.05, 3.63) is 34.9 Å². The number of ketones is 1. The Kier molecular flexibility index (Phi) is 6.90. The summed E-state index contributed by atoms with van der Waals surface area (Å²) < 4.78 is 12.4. The third-order valence-electron chi connectivity index (χ3n) is 10.2. The Balaban J connectivity index is 1.95. The highest BCUT2D eigenvalue weighted by Crippen LogP contribution is 2.77. The summed E-state index contributed by atoms with van der Waals surface area (Å²) in [7, 11) is 0. The zero-order valence-electron chi connectivity index (χ0n) is 23.7. The summed E-state index contributed by atoms with van der Waals surface area (Å²) in [6.45, 7) is 13.8. The molecule has 9 atom stereocenters. The molecule has 0 aliphatic heterocycles. The number of fused-ring (bicyclic) bond motifs is 5. The van der Waals surface area contributed by atoms with Gasteiger partial charge in [0.25, 0.3) is 0 Å². The van der Waals surface area contributed by atoms with Crippen LogP contribution in [0.5, 0.6) is 0 Å². The monoisotopic (exact) mass is 530 g/mol. The second-order valence-electron chi connectivity index (χ2n) is 12.5. The van der Waals surface area contributed by atoms with E-state index in [1.165, 1.54) is 0 Å². The van der Waals surface area contributed by atoms with Gasteiger partial charge >= 0.3 is 11.9 Å². The van der Waals surface area contributed by atoms with Crippen LogP contribution >= 0.6 is 0 Å². The first-order chi connectivity index (χ1) is 17.6. The predicted molar refractivity (Wildman–Crippen MR) is 139 cm³/mol. The molecule has 4 aliphatic carbocycles. The summed E-state index contributed by atoms with van der Waals surface area (Å²) >= 11 is 0. The maximum Gasteiger partial charge on any atom is 0.333 e. The molecule has 0 heterocycles. The fourth-order valence-electron chi connectivity index (χ4n) is 7.58. The van der Waals surface area contributed by atoms with Crippen molar-refractivity contribution >= 4 is 17.7 Å². The van der Waals surface area contributed by atoms with Gasteiger partial charge in [-0.05, 0) is 38.3 Å². The molecule has 8 nitrogen and oxygen atoms in total. The number of allylic oxidation sites excluding steroid dienone is 1. The molecule has 0 radical (unpaired) electrons. The lowest BCUT2D eigenvalue weighted by atomic mass is 9.59. The summed E-state index contributed by atoms with van der Waals surface area (Å²) in [6.07, 6.45) is 4.40. The van der Waals surface area contributed by atoms with E-state index in [-0.39, 0.29) is 12.3 Å². The molecule has 3 N–H and O–H groups in total. The highest BCUT2D eigenvalue weighted by atomic mass is 16.6. The van der Waals surface area contributed by atoms with E-state index in [9.17, 15) is 29.7 Å². The summed E-state index contributed by atoms with van der Waals surface area (Å²) in [4.78, 5) is 39.6. The van der Waals surface area contributed by atoms with Crippen LogP contribution in [0, 0.1) is 35.0 Å². The lowest BCUT2D eigenvalue weighted by Gasteiger charge is -2.53. The fraction of sp³-hybridized carbons (Fsp3) is 0.700. The van der Waals surface area contributed by atoms with E-state index in [2.05, 4.69) is 0 Å². The van der Waals surface area contributed by atoms with Gasteiger partial charge in [0.15, 0.2) is 11.4 Å². The number of hydrogen-bond acceptors (Lipinski definition) is 8. The van der Waals surface area contributed by atoms with Gasteiger partial charge in [0.1, 0.15) is 11.7 Å². The number of hydrogen-bond donors (Lipinski definition) is 3. The molecular formula is C30H42O8. The van der Waals surface area contributed by atoms with Crippen LogP contribution < -0.4 is 0 Å². The molecule has 38 heavy (non-hydrogen) atoms. The van der Waals surface area contributed by atoms with Crippen molar-refractivity contribution in [1.29, 1.82) is 0 Å². The Morgan fingerprint density at radius 1 is 1.24 bits per heavy atom. The smallest absolute Gasteiger partial charge is 0.333 e. The van der Waals surface area contributed by atoms with Gasteiger partial charge in [-0.25, -0.2) is 4.79 Å². The number of Topliss-reactive ketones (excluding diaryl/α,β-unsaturated/α-hetero) is 1. The first-order valence-corrected chi connectivity index (χ1v) is 13.6. The van der Waals surface area contributed by atoms with Crippen LogP contribution in [-0.4, -0.2) is 62.6 Å². The molecule has 2 fully saturated rings. The lowest BCUT2D eigenvalue weighted by Crippen LogP contribution is -2.66. The first kappa shape index (κ1) is 28.7. The van der Waals surface area contributed by atoms with Crippen LogP contribution in [0.3, 0.4) is 0 Å². The van der Waals surface area contributed by atoms with Gasteiger partial charge in [-0.2, -0.15) is 0 Å². The van der Waals surface area contributed by atoms with Gasteiger partial charge in [-0.3, -0.25) is 9.59 Å². The molecule has 0 aromatic carbocycles. The third kappa shape index (κ3) is 3.56. The van der Waals surface area contributed by atoms with Crippen molar-refractivity contribution in [3.63, 3.8) is 0 Å². The topological polar surface area (TPSA) is 130 Å². The summed E-state index contributed by atoms with van der Waals surface area (Å²) in [6, 6.07) is 0. The number of carbonyl (C=O) groups excluding carboxylic acids is 3. The SMILES string of the molecule is CC=C(C)C(=O)O[C@@H]1[C@@H](C)[C@@]2(O)[C@@H](C=C(CO)C[C@]3(O)C(=O)C(C)=C[C@@H]23)[C@@H]2C(C)(C)[C@]12OC(=O)C(C)CC. The van der Waals surface area contributed by atoms with E-state index in [1.807, 2.05) is 20.8 Å². The second kappa shape index (κ2) is 9.14. The maximum absolute atomic E-state index is 13.3. The van der Waals surface area contributed by atoms with Crippen molar-refractivity contribution < 1.29 is 39.2 Å². The van der Waals surface area contributed by atoms with Crippen LogP contribution in [0.25, 0.3) is 0 Å². The molecule has 8 heteroatoms. The molecule has 210 valence electrons. The molecule has 4 rings (SSSR count). The van der Waals surface area contributed by atoms with Crippen molar-refractivity contribution in [3.8, 4) is 0 Å². The van der Waals surface area contributed by atoms with Crippen LogP contribution in [0.4, 0.5) is 0 Å². The molecule has 0 aromatic rings. The standard InChI is InChI=1S/C30H42O8/c1-9-15(3)25(33)37-24-18(6)29(36)20(22-27(7,8)30(22,24)38-26(34)16(4)10-2)12-19(14-31)13-28(35)21(29)11-17(5)23(28)32/h9,11-12,16,18,20-22,24,31,35-36H,10,13-14H2,1-8H3/t16?,18-,20+,21-,22-,24-,28-,29-,30-/m1/s1. The molecular weight excluding hydrogens is 488 g/mol. The molecule has 0 aromatic heterocycles. The van der Waals surface area contributed by atoms with Crippen molar-refractivity contribution in [1.82, 2.24) is 0 Å². The zero-order valence-corrected chi connectivity index (χ0v) is 23.7. The third-order valence-corrected chi connectivity index (χ3v) is 10.2. The summed E-state index contributed by atoms with van der Waals surface area (Å²) in [5.74, 6) is -4.91. The number of esters is 2. The van der Waals surface area contributed by atoms with Crippen LogP contribution in [0.15, 0.2) is 34.9 Å². The molecule has 0 saturated heterocycles. The molecule has 0 amide bonds. The Hall–Kier alpha value is -2.29. The van der Waals surface area contributed by atoms with E-state index in [1.54, 1.807) is 52.8 Å². The maximum atomic E-state index is 13.3. The summed E-state index contributed by atoms with van der Waals surface area (Å²) in [5.41, 5.74) is -4.51. The quantitative estimate of drug-likeness (QED) is 0.271. The molecule has 0 spiro atoms. The van der Waals surface area contributed by atoms with Gasteiger partial charge in [0.2, 0.25) is 0 Å². The Morgan fingerprint density at radius 3 is 2.42 bits per heavy atom. The molecule has 1 unspecified atom stereocenters. The normalized spacial score (nSPS) is 42.0. The summed E-state index contributed by atoms with van der Waals surface area (Å²) in [5, 5.41) is 34.7. The first-order valence-electron chi connectivity index (χ1n) is 13.6. The van der Waals surface area contributed by atoms with Crippen molar-refractivity contribution in [2.45, 2.75) is 91.1 Å². The second-order valence-corrected chi connectivity index (χ2v) is 12.5. The van der Waals surface area contributed by atoms with E-state index < -0.39 is 76.3 Å². The highest BCUT2D eigenvalue weighted by molar-refractivity contribution is 6.04. The average molecular weight is 531 g/mol. The molecule has 0 bridgehead atoms. The van der Waals surface area contributed by atoms with Gasteiger partial charge in [-0.15, -0.1) is 0 Å². The number of ether oxygens (including phenoxy) is 2. The molecule has 4 aliphatic rings. The Bertz CT molecular complexity index is 1150. The molecule has 2 saturated carbocycles. The minimum absolute atomic E-state index is 0.124. The minimum atomic E-state index is -1.95. The Labute approximate surface area is 224 Å². The Morgan fingerprint density at radius 2 is 1.87 bits per heavy atom. The van der Waals surface area contributed by atoms with E-state index >= 15 is 0 Å². The van der Waals surface area contributed by atoms with Gasteiger partial charge in [-0.1, -0.05) is 52.8 Å². The van der Waals surface area contributed by atoms with Crippen molar-refractivity contribution in [2.75, 3.05) is 6.61 Å². The number of rotatable bonds is 6. The van der Waals surface area contributed by atoms with E-state index in [0.29, 0.717) is 23.1 Å². The van der Waals surface area contributed by atoms with Gasteiger partial charge in [0.05, 0.1) is 18.1 Å². The van der Waals surface area contributed by atoms with E-state index in [4.69, 9.17) is 9.47 Å².